The molecule has 2 aromatic rings. The quantitative estimate of drug-likeness (QED) is 0.863. The van der Waals surface area contributed by atoms with Crippen LogP contribution in [-0.2, 0) is 0 Å². The molecule has 0 saturated carbocycles. The van der Waals surface area contributed by atoms with Crippen LogP contribution in [-0.4, -0.2) is 29.0 Å². The van der Waals surface area contributed by atoms with Gasteiger partial charge in [0, 0.05) is 19.7 Å². The van der Waals surface area contributed by atoms with Crippen LogP contribution in [0.5, 0.6) is 0 Å². The van der Waals surface area contributed by atoms with E-state index < -0.39 is 5.82 Å². The number of aromatic nitrogens is 3. The second-order valence-corrected chi connectivity index (χ2v) is 4.40. The fraction of sp³-hybridized carbons (Fsp3) is 0.143. The van der Waals surface area contributed by atoms with Crippen molar-refractivity contribution in [3.8, 4) is 6.07 Å². The van der Waals surface area contributed by atoms with Crippen molar-refractivity contribution in [2.24, 2.45) is 0 Å². The van der Waals surface area contributed by atoms with Gasteiger partial charge in [-0.2, -0.15) is 20.2 Å². The van der Waals surface area contributed by atoms with Gasteiger partial charge in [-0.1, -0.05) is 18.2 Å². The summed E-state index contributed by atoms with van der Waals surface area (Å²) in [6, 6.07) is 8.08. The highest BCUT2D eigenvalue weighted by Crippen LogP contribution is 2.18. The monoisotopic (exact) mass is 284 g/mol. The molecule has 0 unspecified atom stereocenters. The Kier molecular flexibility index (Phi) is 4.09. The predicted octanol–water partition coefficient (Wildman–Crippen LogP) is 1.72. The molecular formula is C14H13FN6. The van der Waals surface area contributed by atoms with E-state index in [1.54, 1.807) is 37.2 Å². The average Bonchev–Trinajstić information content (AvgIpc) is 2.45. The Morgan fingerprint density at radius 1 is 1.29 bits per heavy atom. The molecule has 2 N–H and O–H groups in total. The van der Waals surface area contributed by atoms with Crippen LogP contribution in [0, 0.1) is 17.1 Å². The first-order valence-electron chi connectivity index (χ1n) is 6.07. The first-order chi connectivity index (χ1) is 10.0. The van der Waals surface area contributed by atoms with Gasteiger partial charge in [0.2, 0.25) is 11.9 Å². The van der Waals surface area contributed by atoms with Gasteiger partial charge in [-0.05, 0) is 12.1 Å². The molecule has 0 aliphatic carbocycles. The number of halogens is 1. The van der Waals surface area contributed by atoms with E-state index in [0.717, 1.165) is 0 Å². The van der Waals surface area contributed by atoms with Crippen molar-refractivity contribution in [2.45, 2.75) is 0 Å². The lowest BCUT2D eigenvalue weighted by Gasteiger charge is -2.11. The van der Waals surface area contributed by atoms with Crippen molar-refractivity contribution in [1.29, 1.82) is 5.26 Å². The van der Waals surface area contributed by atoms with Gasteiger partial charge in [-0.3, -0.25) is 0 Å². The van der Waals surface area contributed by atoms with Crippen molar-refractivity contribution >= 4 is 23.5 Å². The molecule has 0 aliphatic rings. The molecule has 0 atom stereocenters. The fourth-order valence-electron chi connectivity index (χ4n) is 1.60. The van der Waals surface area contributed by atoms with Crippen molar-refractivity contribution in [3.63, 3.8) is 0 Å². The first-order valence-corrected chi connectivity index (χ1v) is 6.07. The number of allylic oxidation sites excluding steroid dienone is 1. The van der Waals surface area contributed by atoms with E-state index in [2.05, 4.69) is 15.0 Å². The molecule has 1 heterocycles. The van der Waals surface area contributed by atoms with Gasteiger partial charge in [-0.25, -0.2) is 4.39 Å². The smallest absolute Gasteiger partial charge is 0.230 e. The number of rotatable bonds is 3. The van der Waals surface area contributed by atoms with Crippen LogP contribution in [0.3, 0.4) is 0 Å². The van der Waals surface area contributed by atoms with Crippen LogP contribution < -0.4 is 10.6 Å². The van der Waals surface area contributed by atoms with E-state index in [9.17, 15) is 9.65 Å². The Bertz CT molecular complexity index is 732. The molecular weight excluding hydrogens is 271 g/mol. The van der Waals surface area contributed by atoms with Gasteiger partial charge in [-0.15, -0.1) is 0 Å². The van der Waals surface area contributed by atoms with Crippen molar-refractivity contribution < 1.29 is 4.39 Å². The highest BCUT2D eigenvalue weighted by atomic mass is 19.1. The highest BCUT2D eigenvalue weighted by molar-refractivity contribution is 5.87. The number of nitrogens with zero attached hydrogens (tertiary/aromatic N) is 5. The Hall–Kier alpha value is -3.01. The molecule has 0 amide bonds. The van der Waals surface area contributed by atoms with Gasteiger partial charge < -0.3 is 10.6 Å². The molecule has 21 heavy (non-hydrogen) atoms. The third-order valence-electron chi connectivity index (χ3n) is 2.61. The van der Waals surface area contributed by atoms with Gasteiger partial charge in [0.15, 0.2) is 5.82 Å². The lowest BCUT2D eigenvalue weighted by atomic mass is 10.1. The first kappa shape index (κ1) is 14.4. The van der Waals surface area contributed by atoms with E-state index in [0.29, 0.717) is 5.95 Å². The van der Waals surface area contributed by atoms with Crippen molar-refractivity contribution in [3.05, 3.63) is 41.5 Å². The molecule has 106 valence electrons. The number of anilines is 2. The maximum Gasteiger partial charge on any atom is 0.230 e. The summed E-state index contributed by atoms with van der Waals surface area (Å²) >= 11 is 0. The number of nitriles is 1. The van der Waals surface area contributed by atoms with Crippen LogP contribution in [0.25, 0.3) is 11.6 Å². The lowest BCUT2D eigenvalue weighted by Crippen LogP contribution is -2.15. The SMILES string of the molecule is CN(C)c1nc(N)nc(/C(C#N)=C/c2ccccc2F)n1. The minimum absolute atomic E-state index is 0.00150. The predicted molar refractivity (Wildman–Crippen MR) is 78.5 cm³/mol. The highest BCUT2D eigenvalue weighted by Gasteiger charge is 2.11. The molecule has 0 fully saturated rings. The summed E-state index contributed by atoms with van der Waals surface area (Å²) in [5.74, 6) is 0.00244. The Morgan fingerprint density at radius 3 is 2.62 bits per heavy atom. The van der Waals surface area contributed by atoms with Crippen LogP contribution in [0.2, 0.25) is 0 Å². The number of benzene rings is 1. The molecule has 1 aromatic heterocycles. The molecule has 0 saturated heterocycles. The summed E-state index contributed by atoms with van der Waals surface area (Å²) in [4.78, 5) is 13.7. The van der Waals surface area contributed by atoms with Gasteiger partial charge >= 0.3 is 0 Å². The number of hydrogen-bond acceptors (Lipinski definition) is 6. The van der Waals surface area contributed by atoms with Crippen molar-refractivity contribution in [2.75, 3.05) is 24.7 Å². The molecule has 7 heteroatoms. The standard InChI is InChI=1S/C14H13FN6/c1-21(2)14-19-12(18-13(17)20-14)10(8-16)7-9-5-3-4-6-11(9)15/h3-7H,1-2H3,(H2,17,18,19,20)/b10-7+. The van der Waals surface area contributed by atoms with Gasteiger partial charge in [0.1, 0.15) is 11.9 Å². The third-order valence-corrected chi connectivity index (χ3v) is 2.61. The summed E-state index contributed by atoms with van der Waals surface area (Å²) < 4.78 is 13.6. The molecule has 0 bridgehead atoms. The zero-order valence-corrected chi connectivity index (χ0v) is 11.6. The Labute approximate surface area is 121 Å². The molecule has 6 nitrogen and oxygen atoms in total. The van der Waals surface area contributed by atoms with Crippen molar-refractivity contribution in [1.82, 2.24) is 15.0 Å². The summed E-state index contributed by atoms with van der Waals surface area (Å²) in [7, 11) is 3.48. The van der Waals surface area contributed by atoms with Crippen LogP contribution >= 0.6 is 0 Å². The van der Waals surface area contributed by atoms with Crippen LogP contribution in [0.1, 0.15) is 11.4 Å². The zero-order valence-electron chi connectivity index (χ0n) is 11.6. The molecule has 0 radical (unpaired) electrons. The van der Waals surface area contributed by atoms with E-state index in [-0.39, 0.29) is 22.9 Å². The fourth-order valence-corrected chi connectivity index (χ4v) is 1.60. The number of hydrogen-bond donors (Lipinski definition) is 1. The third kappa shape index (κ3) is 3.30. The van der Waals surface area contributed by atoms with Gasteiger partial charge in [0.05, 0.1) is 5.57 Å². The van der Waals surface area contributed by atoms with Gasteiger partial charge in [0.25, 0.3) is 0 Å². The second-order valence-electron chi connectivity index (χ2n) is 4.40. The van der Waals surface area contributed by atoms with Crippen LogP contribution in [0.4, 0.5) is 16.3 Å². The summed E-state index contributed by atoms with van der Waals surface area (Å²) in [5.41, 5.74) is 6.00. The number of nitrogens with two attached hydrogens (primary N) is 1. The maximum atomic E-state index is 13.6. The molecule has 2 rings (SSSR count). The summed E-state index contributed by atoms with van der Waals surface area (Å²) in [5, 5.41) is 9.26. The largest absolute Gasteiger partial charge is 0.368 e. The molecule has 0 spiro atoms. The normalized spacial score (nSPS) is 11.0. The molecule has 1 aromatic carbocycles. The minimum Gasteiger partial charge on any atom is -0.368 e. The lowest BCUT2D eigenvalue weighted by molar-refractivity contribution is 0.625. The zero-order chi connectivity index (χ0) is 15.4. The topological polar surface area (TPSA) is 91.7 Å². The summed E-state index contributed by atoms with van der Waals surface area (Å²) in [6.45, 7) is 0. The average molecular weight is 284 g/mol. The number of nitrogen functional groups attached to an aromatic ring is 1. The Morgan fingerprint density at radius 2 is 2.00 bits per heavy atom. The second kappa shape index (κ2) is 5.96. The van der Waals surface area contributed by atoms with E-state index in [1.165, 1.54) is 12.1 Å². The Balaban J connectivity index is 2.53. The molecule has 0 aliphatic heterocycles. The van der Waals surface area contributed by atoms with E-state index in [4.69, 9.17) is 5.73 Å². The summed E-state index contributed by atoms with van der Waals surface area (Å²) in [6.07, 6.45) is 1.38. The minimum atomic E-state index is -0.430. The van der Waals surface area contributed by atoms with E-state index in [1.807, 2.05) is 6.07 Å². The van der Waals surface area contributed by atoms with E-state index >= 15 is 0 Å². The maximum absolute atomic E-state index is 13.6. The van der Waals surface area contributed by atoms with Crippen LogP contribution in [0.15, 0.2) is 24.3 Å².